The molecule has 4 rings (SSSR count). The molecule has 0 aliphatic rings. The van der Waals surface area contributed by atoms with E-state index < -0.39 is 6.10 Å². The third-order valence-corrected chi connectivity index (χ3v) is 5.30. The Balaban J connectivity index is 0.000000166. The van der Waals surface area contributed by atoms with E-state index in [-0.39, 0.29) is 0 Å². The van der Waals surface area contributed by atoms with Gasteiger partial charge in [0.1, 0.15) is 16.5 Å². The van der Waals surface area contributed by atoms with Gasteiger partial charge in [0.05, 0.1) is 12.4 Å². The minimum absolute atomic E-state index is 0.394. The Bertz CT molecular complexity index is 1040. The van der Waals surface area contributed by atoms with Crippen LogP contribution in [0.3, 0.4) is 0 Å². The molecule has 0 spiro atoms. The number of aliphatic hydroxyl groups is 1. The van der Waals surface area contributed by atoms with Crippen molar-refractivity contribution in [2.24, 2.45) is 0 Å². The van der Waals surface area contributed by atoms with Crippen molar-refractivity contribution in [1.82, 2.24) is 29.5 Å². The number of aryl methyl sites for hydroxylation is 2. The number of nitrogens with zero attached hydrogens (tertiary/aromatic N) is 6. The predicted octanol–water partition coefficient (Wildman–Crippen LogP) is 3.98. The molecule has 0 saturated heterocycles. The normalized spacial score (nSPS) is 11.9. The first-order valence-corrected chi connectivity index (χ1v) is 10.5. The number of rotatable bonds is 6. The van der Waals surface area contributed by atoms with Crippen molar-refractivity contribution in [2.75, 3.05) is 0 Å². The number of aromatic nitrogens is 6. The van der Waals surface area contributed by atoms with Crippen molar-refractivity contribution in [3.05, 3.63) is 69.4 Å². The molecule has 4 heterocycles. The predicted molar refractivity (Wildman–Crippen MR) is 111 cm³/mol. The maximum atomic E-state index is 9.95. The van der Waals surface area contributed by atoms with Crippen LogP contribution in [0.1, 0.15) is 42.6 Å². The molecule has 0 radical (unpaired) electrons. The van der Waals surface area contributed by atoms with E-state index in [0.29, 0.717) is 15.9 Å². The van der Waals surface area contributed by atoms with Gasteiger partial charge in [-0.05, 0) is 51.3 Å². The first-order chi connectivity index (χ1) is 14.0. The van der Waals surface area contributed by atoms with Crippen molar-refractivity contribution in [3.63, 3.8) is 0 Å². The van der Waals surface area contributed by atoms with E-state index in [4.69, 9.17) is 8.83 Å². The van der Waals surface area contributed by atoms with Gasteiger partial charge in [0.2, 0.25) is 0 Å². The highest BCUT2D eigenvalue weighted by Crippen LogP contribution is 2.27. The standard InChI is InChI=1S/C9H10BrN3O2.C9H10BrN3O/c1-2-13-4-6(3-12-13)7(14)8-9(10)11-5-15-8;1-2-13-5-7(4-12-13)3-8-9(10)11-6-14-8/h3-5,7,14H,2H2,1H3;4-6H,2-3H2,1H3. The monoisotopic (exact) mass is 526 g/mol. The largest absolute Gasteiger partial charge is 0.447 e. The zero-order chi connectivity index (χ0) is 20.8. The molecule has 1 unspecified atom stereocenters. The molecule has 1 atom stereocenters. The van der Waals surface area contributed by atoms with Gasteiger partial charge in [0.15, 0.2) is 23.2 Å². The van der Waals surface area contributed by atoms with E-state index in [0.717, 1.165) is 35.4 Å². The van der Waals surface area contributed by atoms with Crippen LogP contribution in [0.4, 0.5) is 0 Å². The molecule has 0 aromatic carbocycles. The van der Waals surface area contributed by atoms with Crippen LogP contribution in [0.25, 0.3) is 0 Å². The van der Waals surface area contributed by atoms with Gasteiger partial charge in [-0.15, -0.1) is 0 Å². The highest BCUT2D eigenvalue weighted by atomic mass is 79.9. The van der Waals surface area contributed by atoms with Gasteiger partial charge >= 0.3 is 0 Å². The summed E-state index contributed by atoms with van der Waals surface area (Å²) in [4.78, 5) is 7.82. The smallest absolute Gasteiger partial charge is 0.182 e. The fourth-order valence-corrected chi connectivity index (χ4v) is 3.20. The van der Waals surface area contributed by atoms with E-state index >= 15 is 0 Å². The highest BCUT2D eigenvalue weighted by molar-refractivity contribution is 9.10. The topological polar surface area (TPSA) is 108 Å². The molecular weight excluding hydrogens is 508 g/mol. The fraction of sp³-hybridized carbons (Fsp3) is 0.333. The summed E-state index contributed by atoms with van der Waals surface area (Å²) in [7, 11) is 0. The van der Waals surface area contributed by atoms with E-state index in [2.05, 4.69) is 58.9 Å². The summed E-state index contributed by atoms with van der Waals surface area (Å²) in [5.41, 5.74) is 1.82. The lowest BCUT2D eigenvalue weighted by molar-refractivity contribution is 0.188. The SMILES string of the molecule is CCn1cc(C(O)c2ocnc2Br)cn1.CCn1cc(Cc2ocnc2Br)cn1. The molecule has 0 fully saturated rings. The first kappa shape index (κ1) is 21.5. The number of oxazole rings is 2. The number of hydrogen-bond donors (Lipinski definition) is 1. The Morgan fingerprint density at radius 2 is 1.62 bits per heavy atom. The Morgan fingerprint density at radius 3 is 2.17 bits per heavy atom. The van der Waals surface area contributed by atoms with E-state index in [1.54, 1.807) is 17.1 Å². The molecule has 0 aliphatic carbocycles. The maximum absolute atomic E-state index is 9.95. The summed E-state index contributed by atoms with van der Waals surface area (Å²) in [6, 6.07) is 0. The molecule has 29 heavy (non-hydrogen) atoms. The van der Waals surface area contributed by atoms with Gasteiger partial charge in [-0.3, -0.25) is 9.36 Å². The summed E-state index contributed by atoms with van der Waals surface area (Å²) in [6.45, 7) is 5.69. The van der Waals surface area contributed by atoms with Crippen LogP contribution in [0.15, 0.2) is 55.6 Å². The van der Waals surface area contributed by atoms with Crippen molar-refractivity contribution in [2.45, 2.75) is 39.5 Å². The summed E-state index contributed by atoms with van der Waals surface area (Å²) in [5.74, 6) is 1.23. The number of hydrogen-bond acceptors (Lipinski definition) is 7. The minimum atomic E-state index is -0.831. The highest BCUT2D eigenvalue weighted by Gasteiger charge is 2.19. The number of halogens is 2. The molecule has 1 N–H and O–H groups in total. The molecular formula is C18H20Br2N6O3. The lowest BCUT2D eigenvalue weighted by Crippen LogP contribution is -1.98. The zero-order valence-electron chi connectivity index (χ0n) is 15.9. The lowest BCUT2D eigenvalue weighted by Gasteiger charge is -2.03. The van der Waals surface area contributed by atoms with E-state index in [9.17, 15) is 5.11 Å². The third kappa shape index (κ3) is 5.43. The van der Waals surface area contributed by atoms with Crippen LogP contribution in [0.2, 0.25) is 0 Å². The average Bonchev–Trinajstić information content (AvgIpc) is 3.51. The Kier molecular flexibility index (Phi) is 7.40. The van der Waals surface area contributed by atoms with Gasteiger partial charge in [-0.1, -0.05) is 0 Å². The van der Waals surface area contributed by atoms with Crippen molar-refractivity contribution >= 4 is 31.9 Å². The third-order valence-electron chi connectivity index (χ3n) is 4.06. The van der Waals surface area contributed by atoms with Gasteiger partial charge in [-0.25, -0.2) is 9.97 Å². The van der Waals surface area contributed by atoms with Crippen LogP contribution < -0.4 is 0 Å². The molecule has 0 saturated carbocycles. The van der Waals surface area contributed by atoms with Crippen LogP contribution in [0, 0.1) is 0 Å². The molecule has 0 aliphatic heterocycles. The van der Waals surface area contributed by atoms with Crippen molar-refractivity contribution in [1.29, 1.82) is 0 Å². The van der Waals surface area contributed by atoms with Crippen molar-refractivity contribution < 1.29 is 13.9 Å². The maximum Gasteiger partial charge on any atom is 0.182 e. The van der Waals surface area contributed by atoms with Crippen LogP contribution in [-0.4, -0.2) is 34.6 Å². The Morgan fingerprint density at radius 1 is 0.966 bits per heavy atom. The van der Waals surface area contributed by atoms with Crippen molar-refractivity contribution in [3.8, 4) is 0 Å². The minimum Gasteiger partial charge on any atom is -0.447 e. The summed E-state index contributed by atoms with van der Waals surface area (Å²) in [6.07, 6.45) is 9.86. The first-order valence-electron chi connectivity index (χ1n) is 8.90. The molecule has 0 bridgehead atoms. The molecule has 0 amide bonds. The second-order valence-electron chi connectivity index (χ2n) is 5.99. The average molecular weight is 528 g/mol. The molecule has 154 valence electrons. The van der Waals surface area contributed by atoms with Gasteiger partial charge in [0, 0.05) is 37.5 Å². The lowest BCUT2D eigenvalue weighted by atomic mass is 10.2. The quantitative estimate of drug-likeness (QED) is 0.404. The Labute approximate surface area is 184 Å². The van der Waals surface area contributed by atoms with Gasteiger partial charge in [-0.2, -0.15) is 10.2 Å². The Hall–Kier alpha value is -2.24. The second-order valence-corrected chi connectivity index (χ2v) is 7.49. The zero-order valence-corrected chi connectivity index (χ0v) is 19.0. The summed E-state index contributed by atoms with van der Waals surface area (Å²) >= 11 is 6.51. The van der Waals surface area contributed by atoms with E-state index in [1.807, 2.05) is 24.0 Å². The number of aliphatic hydroxyl groups excluding tert-OH is 1. The molecule has 4 aromatic heterocycles. The molecule has 4 aromatic rings. The van der Waals surface area contributed by atoms with Crippen LogP contribution in [-0.2, 0) is 19.5 Å². The molecule has 9 nitrogen and oxygen atoms in total. The summed E-state index contributed by atoms with van der Waals surface area (Å²) < 4.78 is 15.2. The van der Waals surface area contributed by atoms with Crippen LogP contribution in [0.5, 0.6) is 0 Å². The van der Waals surface area contributed by atoms with E-state index in [1.165, 1.54) is 12.8 Å². The second kappa shape index (κ2) is 9.99. The van der Waals surface area contributed by atoms with Gasteiger partial charge < -0.3 is 13.9 Å². The van der Waals surface area contributed by atoms with Crippen LogP contribution >= 0.6 is 31.9 Å². The molecule has 11 heteroatoms. The summed E-state index contributed by atoms with van der Waals surface area (Å²) in [5, 5.41) is 18.2. The van der Waals surface area contributed by atoms with Gasteiger partial charge in [0.25, 0.3) is 0 Å². The fourth-order valence-electron chi connectivity index (χ4n) is 2.49.